The minimum Gasteiger partial charge on any atom is -0.490 e. The summed E-state index contributed by atoms with van der Waals surface area (Å²) < 4.78 is 5.82. The van der Waals surface area contributed by atoms with Crippen LogP contribution < -0.4 is 10.1 Å². The zero-order valence-corrected chi connectivity index (χ0v) is 12.2. The van der Waals surface area contributed by atoms with Gasteiger partial charge in [0.2, 0.25) is 0 Å². The van der Waals surface area contributed by atoms with Crippen molar-refractivity contribution in [2.24, 2.45) is 0 Å². The molecule has 0 heterocycles. The molecule has 0 aromatic heterocycles. The number of fused-ring (bicyclic) bond motifs is 1. The van der Waals surface area contributed by atoms with Gasteiger partial charge < -0.3 is 15.2 Å². The van der Waals surface area contributed by atoms with Crippen molar-refractivity contribution in [3.8, 4) is 5.75 Å². The third-order valence-corrected chi connectivity index (χ3v) is 3.22. The SMILES string of the molecule is CCCNCC(C)(O)COc1cccc2ccccc12. The second-order valence-electron chi connectivity index (χ2n) is 5.44. The molecule has 0 spiro atoms. The van der Waals surface area contributed by atoms with Crippen molar-refractivity contribution in [2.75, 3.05) is 19.7 Å². The first-order valence-corrected chi connectivity index (χ1v) is 7.16. The van der Waals surface area contributed by atoms with E-state index in [1.807, 2.05) is 30.3 Å². The fourth-order valence-corrected chi connectivity index (χ4v) is 2.14. The predicted molar refractivity (Wildman–Crippen MR) is 83.2 cm³/mol. The van der Waals surface area contributed by atoms with Gasteiger partial charge in [-0.2, -0.15) is 0 Å². The molecule has 1 unspecified atom stereocenters. The molecular weight excluding hydrogens is 250 g/mol. The van der Waals surface area contributed by atoms with Crippen LogP contribution in [0.15, 0.2) is 42.5 Å². The summed E-state index contributed by atoms with van der Waals surface area (Å²) in [5.41, 5.74) is -0.869. The summed E-state index contributed by atoms with van der Waals surface area (Å²) in [6.45, 7) is 5.61. The van der Waals surface area contributed by atoms with E-state index in [1.54, 1.807) is 6.92 Å². The molecule has 3 nitrogen and oxygen atoms in total. The van der Waals surface area contributed by atoms with Crippen LogP contribution in [0, 0.1) is 0 Å². The van der Waals surface area contributed by atoms with E-state index in [2.05, 4.69) is 24.4 Å². The molecule has 20 heavy (non-hydrogen) atoms. The van der Waals surface area contributed by atoms with Crippen molar-refractivity contribution < 1.29 is 9.84 Å². The van der Waals surface area contributed by atoms with Gasteiger partial charge in [-0.25, -0.2) is 0 Å². The van der Waals surface area contributed by atoms with E-state index >= 15 is 0 Å². The highest BCUT2D eigenvalue weighted by Gasteiger charge is 2.21. The van der Waals surface area contributed by atoms with Gasteiger partial charge in [0.25, 0.3) is 0 Å². The Hall–Kier alpha value is -1.58. The van der Waals surface area contributed by atoms with Crippen LogP contribution in [-0.2, 0) is 0 Å². The molecule has 108 valence electrons. The number of benzene rings is 2. The molecule has 0 aliphatic rings. The summed E-state index contributed by atoms with van der Waals surface area (Å²) in [6, 6.07) is 14.1. The van der Waals surface area contributed by atoms with E-state index < -0.39 is 5.60 Å². The highest BCUT2D eigenvalue weighted by Crippen LogP contribution is 2.25. The van der Waals surface area contributed by atoms with Gasteiger partial charge in [-0.15, -0.1) is 0 Å². The average Bonchev–Trinajstić information content (AvgIpc) is 2.45. The lowest BCUT2D eigenvalue weighted by atomic mass is 10.1. The molecule has 2 N–H and O–H groups in total. The lowest BCUT2D eigenvalue weighted by Gasteiger charge is -2.24. The number of nitrogens with one attached hydrogen (secondary N) is 1. The Morgan fingerprint density at radius 1 is 1.15 bits per heavy atom. The number of ether oxygens (including phenoxy) is 1. The van der Waals surface area contributed by atoms with Crippen molar-refractivity contribution in [1.29, 1.82) is 0 Å². The average molecular weight is 273 g/mol. The molecule has 0 bridgehead atoms. The van der Waals surface area contributed by atoms with Crippen LogP contribution in [0.1, 0.15) is 20.3 Å². The minimum absolute atomic E-state index is 0.276. The monoisotopic (exact) mass is 273 g/mol. The second-order valence-corrected chi connectivity index (χ2v) is 5.44. The van der Waals surface area contributed by atoms with Crippen molar-refractivity contribution in [3.05, 3.63) is 42.5 Å². The van der Waals surface area contributed by atoms with Gasteiger partial charge in [0.1, 0.15) is 18.0 Å². The molecule has 2 aromatic rings. The van der Waals surface area contributed by atoms with E-state index in [9.17, 15) is 5.11 Å². The molecule has 0 radical (unpaired) electrons. The number of hydrogen-bond donors (Lipinski definition) is 2. The maximum absolute atomic E-state index is 10.3. The lowest BCUT2D eigenvalue weighted by Crippen LogP contribution is -2.43. The quantitative estimate of drug-likeness (QED) is 0.762. The highest BCUT2D eigenvalue weighted by atomic mass is 16.5. The zero-order valence-electron chi connectivity index (χ0n) is 12.2. The van der Waals surface area contributed by atoms with Crippen LogP contribution in [0.2, 0.25) is 0 Å². The summed E-state index contributed by atoms with van der Waals surface area (Å²) in [5.74, 6) is 0.818. The third kappa shape index (κ3) is 3.95. The third-order valence-electron chi connectivity index (χ3n) is 3.22. The van der Waals surface area contributed by atoms with E-state index in [-0.39, 0.29) is 6.61 Å². The van der Waals surface area contributed by atoms with Crippen molar-refractivity contribution in [2.45, 2.75) is 25.9 Å². The first-order chi connectivity index (χ1) is 9.62. The topological polar surface area (TPSA) is 41.5 Å². The molecule has 3 heteroatoms. The van der Waals surface area contributed by atoms with Gasteiger partial charge in [-0.3, -0.25) is 0 Å². The summed E-state index contributed by atoms with van der Waals surface area (Å²) in [6.07, 6.45) is 1.06. The van der Waals surface area contributed by atoms with Crippen LogP contribution in [-0.4, -0.2) is 30.4 Å². The van der Waals surface area contributed by atoms with Crippen molar-refractivity contribution in [3.63, 3.8) is 0 Å². The molecule has 1 atom stereocenters. The number of rotatable bonds is 7. The van der Waals surface area contributed by atoms with Gasteiger partial charge in [0.05, 0.1) is 0 Å². The Bertz CT molecular complexity index is 546. The van der Waals surface area contributed by atoms with Crippen molar-refractivity contribution >= 4 is 10.8 Å². The maximum atomic E-state index is 10.3. The molecule has 0 saturated heterocycles. The maximum Gasteiger partial charge on any atom is 0.127 e. The molecule has 0 aliphatic carbocycles. The zero-order chi connectivity index (χ0) is 14.4. The van der Waals surface area contributed by atoms with E-state index in [0.29, 0.717) is 6.54 Å². The minimum atomic E-state index is -0.869. The van der Waals surface area contributed by atoms with Crippen LogP contribution in [0.25, 0.3) is 10.8 Å². The summed E-state index contributed by atoms with van der Waals surface area (Å²) >= 11 is 0. The molecule has 2 aromatic carbocycles. The van der Waals surface area contributed by atoms with Gasteiger partial charge in [-0.05, 0) is 31.3 Å². The molecule has 0 amide bonds. The Morgan fingerprint density at radius 2 is 1.90 bits per heavy atom. The Morgan fingerprint density at radius 3 is 2.70 bits per heavy atom. The van der Waals surface area contributed by atoms with Crippen LogP contribution >= 0.6 is 0 Å². The smallest absolute Gasteiger partial charge is 0.127 e. The van der Waals surface area contributed by atoms with Crippen molar-refractivity contribution in [1.82, 2.24) is 5.32 Å². The number of hydrogen-bond acceptors (Lipinski definition) is 3. The lowest BCUT2D eigenvalue weighted by molar-refractivity contribution is 0.0130. The number of aliphatic hydroxyl groups is 1. The van der Waals surface area contributed by atoms with Gasteiger partial charge in [0, 0.05) is 11.9 Å². The Kier molecular flexibility index (Phi) is 4.99. The van der Waals surface area contributed by atoms with Gasteiger partial charge >= 0.3 is 0 Å². The van der Waals surface area contributed by atoms with Crippen LogP contribution in [0.4, 0.5) is 0 Å². The molecular formula is C17H23NO2. The standard InChI is InChI=1S/C17H23NO2/c1-3-11-18-12-17(2,19)13-20-16-10-6-8-14-7-4-5-9-15(14)16/h4-10,18-19H,3,11-13H2,1-2H3. The first kappa shape index (κ1) is 14.8. The van der Waals surface area contributed by atoms with Crippen LogP contribution in [0.5, 0.6) is 5.75 Å². The first-order valence-electron chi connectivity index (χ1n) is 7.16. The fourth-order valence-electron chi connectivity index (χ4n) is 2.14. The van der Waals surface area contributed by atoms with E-state index in [1.165, 1.54) is 0 Å². The van der Waals surface area contributed by atoms with Gasteiger partial charge in [-0.1, -0.05) is 43.3 Å². The van der Waals surface area contributed by atoms with Gasteiger partial charge in [0.15, 0.2) is 0 Å². The Balaban J connectivity index is 2.02. The molecule has 0 fully saturated rings. The molecule has 0 aliphatic heterocycles. The highest BCUT2D eigenvalue weighted by molar-refractivity contribution is 5.88. The summed E-state index contributed by atoms with van der Waals surface area (Å²) in [4.78, 5) is 0. The predicted octanol–water partition coefficient (Wildman–Crippen LogP) is 2.97. The normalized spacial score (nSPS) is 14.2. The summed E-state index contributed by atoms with van der Waals surface area (Å²) in [5, 5.41) is 15.7. The molecule has 0 saturated carbocycles. The van der Waals surface area contributed by atoms with Crippen LogP contribution in [0.3, 0.4) is 0 Å². The largest absolute Gasteiger partial charge is 0.490 e. The fraction of sp³-hybridized carbons (Fsp3) is 0.412. The van der Waals surface area contributed by atoms with E-state index in [0.717, 1.165) is 29.5 Å². The summed E-state index contributed by atoms with van der Waals surface area (Å²) in [7, 11) is 0. The Labute approximate surface area is 120 Å². The molecule has 2 rings (SSSR count). The van der Waals surface area contributed by atoms with E-state index in [4.69, 9.17) is 4.74 Å². The second kappa shape index (κ2) is 6.73.